The van der Waals surface area contributed by atoms with Crippen LogP contribution in [0.1, 0.15) is 50.8 Å². The number of nitriles is 1. The molecule has 1 aliphatic carbocycles. The molecule has 10 heteroatoms. The van der Waals surface area contributed by atoms with Crippen molar-refractivity contribution in [1.29, 1.82) is 5.26 Å². The third-order valence-electron chi connectivity index (χ3n) is 4.24. The lowest BCUT2D eigenvalue weighted by atomic mass is 10.1. The van der Waals surface area contributed by atoms with Gasteiger partial charge in [0, 0.05) is 18.7 Å². The summed E-state index contributed by atoms with van der Waals surface area (Å²) >= 11 is 0. The maximum absolute atomic E-state index is 13.1. The number of rotatable bonds is 6. The molecule has 27 heavy (non-hydrogen) atoms. The Kier molecular flexibility index (Phi) is 4.71. The van der Waals surface area contributed by atoms with E-state index in [9.17, 15) is 18.4 Å². The summed E-state index contributed by atoms with van der Waals surface area (Å²) in [4.78, 5) is 7.79. The van der Waals surface area contributed by atoms with Gasteiger partial charge in [-0.2, -0.15) is 28.5 Å². The predicted octanol–water partition coefficient (Wildman–Crippen LogP) is 4.00. The number of nitrogens with zero attached hydrogens (tertiary/aromatic N) is 5. The van der Waals surface area contributed by atoms with Crippen LogP contribution in [0.25, 0.3) is 0 Å². The summed E-state index contributed by atoms with van der Waals surface area (Å²) in [7, 11) is 0. The third-order valence-corrected chi connectivity index (χ3v) is 4.24. The van der Waals surface area contributed by atoms with E-state index in [0.717, 1.165) is 24.7 Å². The van der Waals surface area contributed by atoms with Crippen LogP contribution in [0, 0.1) is 11.3 Å². The van der Waals surface area contributed by atoms with E-state index in [1.54, 1.807) is 31.6 Å². The Morgan fingerprint density at radius 2 is 2.04 bits per heavy atom. The second-order valence-electron chi connectivity index (χ2n) is 6.93. The van der Waals surface area contributed by atoms with E-state index in [4.69, 9.17) is 0 Å². The smallest absolute Gasteiger partial charge is 0.370 e. The van der Waals surface area contributed by atoms with Gasteiger partial charge < -0.3 is 10.6 Å². The highest BCUT2D eigenvalue weighted by Crippen LogP contribution is 2.43. The molecule has 0 aliphatic heterocycles. The van der Waals surface area contributed by atoms with Gasteiger partial charge >= 0.3 is 6.18 Å². The standard InChI is InChI=1S/C17H20F3N7/c1-4-22-14-11(17(18,19)20)7-23-15(25-14)24-12-8-27(16(2,3)9-21)26-13(12)10-5-6-10/h7-8,10H,4-6H2,1-3H3,(H2,22,23,24,25). The van der Waals surface area contributed by atoms with Crippen LogP contribution in [0.3, 0.4) is 0 Å². The second kappa shape index (κ2) is 6.72. The normalized spacial score (nSPS) is 14.7. The quantitative estimate of drug-likeness (QED) is 0.788. The van der Waals surface area contributed by atoms with Crippen molar-refractivity contribution < 1.29 is 13.2 Å². The van der Waals surface area contributed by atoms with Gasteiger partial charge in [-0.25, -0.2) is 4.98 Å². The summed E-state index contributed by atoms with van der Waals surface area (Å²) in [5.74, 6) is 0.0290. The van der Waals surface area contributed by atoms with E-state index in [1.165, 1.54) is 0 Å². The minimum Gasteiger partial charge on any atom is -0.370 e. The van der Waals surface area contributed by atoms with Gasteiger partial charge in [0.15, 0.2) is 0 Å². The molecule has 2 aromatic rings. The van der Waals surface area contributed by atoms with E-state index in [0.29, 0.717) is 12.2 Å². The molecule has 0 bridgehead atoms. The molecule has 2 aromatic heterocycles. The van der Waals surface area contributed by atoms with Crippen LogP contribution in [0.15, 0.2) is 12.4 Å². The average molecular weight is 379 g/mol. The summed E-state index contributed by atoms with van der Waals surface area (Å²) < 4.78 is 40.8. The van der Waals surface area contributed by atoms with Crippen molar-refractivity contribution in [3.63, 3.8) is 0 Å². The van der Waals surface area contributed by atoms with Crippen molar-refractivity contribution in [1.82, 2.24) is 19.7 Å². The first-order chi connectivity index (χ1) is 12.7. The first-order valence-electron chi connectivity index (χ1n) is 8.62. The van der Waals surface area contributed by atoms with Gasteiger partial charge in [0.05, 0.1) is 23.6 Å². The number of hydrogen-bond donors (Lipinski definition) is 2. The van der Waals surface area contributed by atoms with Gasteiger partial charge in [0.25, 0.3) is 0 Å². The number of hydrogen-bond acceptors (Lipinski definition) is 6. The molecule has 0 saturated heterocycles. The van der Waals surface area contributed by atoms with Crippen LogP contribution >= 0.6 is 0 Å². The summed E-state index contributed by atoms with van der Waals surface area (Å²) in [5, 5.41) is 19.4. The molecular weight excluding hydrogens is 359 g/mol. The molecule has 0 radical (unpaired) electrons. The Morgan fingerprint density at radius 1 is 1.33 bits per heavy atom. The van der Waals surface area contributed by atoms with Crippen LogP contribution < -0.4 is 10.6 Å². The van der Waals surface area contributed by atoms with Crippen LogP contribution in [0.5, 0.6) is 0 Å². The van der Waals surface area contributed by atoms with Gasteiger partial charge in [-0.1, -0.05) is 0 Å². The van der Waals surface area contributed by atoms with Crippen LogP contribution in [0.2, 0.25) is 0 Å². The van der Waals surface area contributed by atoms with E-state index >= 15 is 0 Å². The van der Waals surface area contributed by atoms with E-state index in [2.05, 4.69) is 31.8 Å². The Bertz CT molecular complexity index is 876. The minimum atomic E-state index is -4.54. The van der Waals surface area contributed by atoms with E-state index in [1.807, 2.05) is 0 Å². The fraction of sp³-hybridized carbons (Fsp3) is 0.529. The second-order valence-corrected chi connectivity index (χ2v) is 6.93. The lowest BCUT2D eigenvalue weighted by Gasteiger charge is -2.15. The molecule has 7 nitrogen and oxygen atoms in total. The van der Waals surface area contributed by atoms with Crippen LogP contribution in [-0.4, -0.2) is 26.3 Å². The van der Waals surface area contributed by atoms with Crippen molar-refractivity contribution in [2.24, 2.45) is 0 Å². The lowest BCUT2D eigenvalue weighted by molar-refractivity contribution is -0.137. The zero-order valence-corrected chi connectivity index (χ0v) is 15.2. The highest BCUT2D eigenvalue weighted by atomic mass is 19.4. The van der Waals surface area contributed by atoms with Gasteiger partial charge in [-0.15, -0.1) is 0 Å². The van der Waals surface area contributed by atoms with Gasteiger partial charge in [0.1, 0.15) is 16.9 Å². The third kappa shape index (κ3) is 3.97. The predicted molar refractivity (Wildman–Crippen MR) is 93.6 cm³/mol. The number of alkyl halides is 3. The molecule has 1 fully saturated rings. The van der Waals surface area contributed by atoms with Gasteiger partial charge in [0.2, 0.25) is 5.95 Å². The Hall–Kier alpha value is -2.83. The molecule has 144 valence electrons. The fourth-order valence-corrected chi connectivity index (χ4v) is 2.55. The van der Waals surface area contributed by atoms with E-state index < -0.39 is 17.3 Å². The molecule has 0 unspecified atom stereocenters. The minimum absolute atomic E-state index is 0.0372. The number of anilines is 3. The summed E-state index contributed by atoms with van der Waals surface area (Å²) in [6, 6.07) is 2.18. The number of nitrogens with one attached hydrogen (secondary N) is 2. The first-order valence-corrected chi connectivity index (χ1v) is 8.62. The van der Waals surface area contributed by atoms with Crippen molar-refractivity contribution in [3.8, 4) is 6.07 Å². The zero-order valence-electron chi connectivity index (χ0n) is 15.2. The highest BCUT2D eigenvalue weighted by molar-refractivity contribution is 5.59. The topological polar surface area (TPSA) is 91.5 Å². The largest absolute Gasteiger partial charge is 0.421 e. The van der Waals surface area contributed by atoms with Gasteiger partial charge in [-0.3, -0.25) is 4.68 Å². The SMILES string of the molecule is CCNc1nc(Nc2cn(C(C)(C)C#N)nc2C2CC2)ncc1C(F)(F)F. The molecule has 3 rings (SSSR count). The Labute approximate surface area is 154 Å². The van der Waals surface area contributed by atoms with Crippen molar-refractivity contribution in [3.05, 3.63) is 23.7 Å². The Morgan fingerprint density at radius 3 is 2.59 bits per heavy atom. The van der Waals surface area contributed by atoms with Gasteiger partial charge in [-0.05, 0) is 33.6 Å². The Balaban J connectivity index is 1.95. The molecule has 1 saturated carbocycles. The maximum atomic E-state index is 13.1. The average Bonchev–Trinajstić information content (AvgIpc) is 3.35. The lowest BCUT2D eigenvalue weighted by Crippen LogP contribution is -2.24. The highest BCUT2D eigenvalue weighted by Gasteiger charge is 2.36. The number of aromatic nitrogens is 4. The molecule has 0 atom stereocenters. The molecule has 0 spiro atoms. The summed E-state index contributed by atoms with van der Waals surface area (Å²) in [6.07, 6.45) is -0.153. The molecule has 2 N–H and O–H groups in total. The van der Waals surface area contributed by atoms with Crippen molar-refractivity contribution >= 4 is 17.5 Å². The summed E-state index contributed by atoms with van der Waals surface area (Å²) in [5.41, 5.74) is -0.395. The van der Waals surface area contributed by atoms with Crippen molar-refractivity contribution in [2.45, 2.75) is 51.2 Å². The van der Waals surface area contributed by atoms with E-state index in [-0.39, 0.29) is 17.7 Å². The van der Waals surface area contributed by atoms with Crippen LogP contribution in [-0.2, 0) is 11.7 Å². The fourth-order valence-electron chi connectivity index (χ4n) is 2.55. The summed E-state index contributed by atoms with van der Waals surface area (Å²) in [6.45, 7) is 5.45. The number of halogens is 3. The monoisotopic (exact) mass is 379 g/mol. The maximum Gasteiger partial charge on any atom is 0.421 e. The molecular formula is C17H20F3N7. The molecule has 1 aliphatic rings. The van der Waals surface area contributed by atoms with Crippen molar-refractivity contribution in [2.75, 3.05) is 17.2 Å². The van der Waals surface area contributed by atoms with Crippen LogP contribution in [0.4, 0.5) is 30.6 Å². The molecule has 2 heterocycles. The molecule has 0 aromatic carbocycles. The zero-order chi connectivity index (χ0) is 19.8. The first kappa shape index (κ1) is 18.9. The molecule has 0 amide bonds.